The summed E-state index contributed by atoms with van der Waals surface area (Å²) >= 11 is 0. The van der Waals surface area contributed by atoms with Gasteiger partial charge in [0, 0.05) is 6.54 Å². The van der Waals surface area contributed by atoms with Gasteiger partial charge in [-0.25, -0.2) is 0 Å². The summed E-state index contributed by atoms with van der Waals surface area (Å²) in [6.45, 7) is 5.39. The molecule has 19 heavy (non-hydrogen) atoms. The van der Waals surface area contributed by atoms with E-state index in [1.807, 2.05) is 6.07 Å². The summed E-state index contributed by atoms with van der Waals surface area (Å²) < 4.78 is 0. The molecule has 1 fully saturated rings. The van der Waals surface area contributed by atoms with Crippen LogP contribution in [0.2, 0.25) is 0 Å². The smallest absolute Gasteiger partial charge is 0.248 e. The molecule has 5 heteroatoms. The maximum Gasteiger partial charge on any atom is 0.248 e. The Morgan fingerprint density at radius 1 is 1.37 bits per heavy atom. The zero-order valence-electron chi connectivity index (χ0n) is 11.3. The molecule has 102 valence electrons. The van der Waals surface area contributed by atoms with Crippen molar-refractivity contribution in [3.05, 3.63) is 29.8 Å². The molecule has 1 aromatic carbocycles. The van der Waals surface area contributed by atoms with Gasteiger partial charge in [0.25, 0.3) is 0 Å². The van der Waals surface area contributed by atoms with Crippen LogP contribution in [0.1, 0.15) is 26.3 Å². The molecule has 0 spiro atoms. The van der Waals surface area contributed by atoms with E-state index in [1.165, 1.54) is 4.90 Å². The molecule has 0 radical (unpaired) electrons. The van der Waals surface area contributed by atoms with Crippen LogP contribution < -0.4 is 5.32 Å². The second kappa shape index (κ2) is 4.57. The van der Waals surface area contributed by atoms with E-state index < -0.39 is 11.6 Å². The van der Waals surface area contributed by atoms with E-state index >= 15 is 0 Å². The minimum atomic E-state index is -0.888. The van der Waals surface area contributed by atoms with Crippen molar-refractivity contribution in [2.45, 2.75) is 38.9 Å². The number of piperazine rings is 1. The average molecular weight is 262 g/mol. The zero-order valence-corrected chi connectivity index (χ0v) is 11.3. The van der Waals surface area contributed by atoms with Gasteiger partial charge in [-0.3, -0.25) is 9.59 Å². The number of hydrogen-bond acceptors (Lipinski definition) is 3. The van der Waals surface area contributed by atoms with Crippen molar-refractivity contribution >= 4 is 11.8 Å². The monoisotopic (exact) mass is 262 g/mol. The lowest BCUT2D eigenvalue weighted by atomic mass is 9.97. The van der Waals surface area contributed by atoms with Crippen molar-refractivity contribution in [3.63, 3.8) is 0 Å². The number of amides is 2. The Labute approximate surface area is 112 Å². The van der Waals surface area contributed by atoms with E-state index in [2.05, 4.69) is 5.32 Å². The lowest BCUT2D eigenvalue weighted by Gasteiger charge is -2.41. The fourth-order valence-electron chi connectivity index (χ4n) is 2.20. The quantitative estimate of drug-likeness (QED) is 0.836. The summed E-state index contributed by atoms with van der Waals surface area (Å²) in [5.41, 5.74) is -0.0915. The Kier molecular flexibility index (Phi) is 3.22. The molecule has 0 aliphatic carbocycles. The highest BCUT2D eigenvalue weighted by Gasteiger charge is 2.43. The Bertz CT molecular complexity index is 525. The maximum atomic E-state index is 12.3. The molecular weight excluding hydrogens is 244 g/mol. The van der Waals surface area contributed by atoms with Gasteiger partial charge in [-0.15, -0.1) is 0 Å². The molecule has 1 atom stereocenters. The van der Waals surface area contributed by atoms with E-state index in [0.29, 0.717) is 6.54 Å². The first-order valence-electron chi connectivity index (χ1n) is 6.22. The molecule has 1 aromatic rings. The number of phenols is 1. The normalized spacial score (nSPS) is 22.3. The van der Waals surface area contributed by atoms with Gasteiger partial charge in [-0.2, -0.15) is 0 Å². The predicted octanol–water partition coefficient (Wildman–Crippen LogP) is 1.02. The Morgan fingerprint density at radius 3 is 2.68 bits per heavy atom. The molecule has 1 unspecified atom stereocenters. The van der Waals surface area contributed by atoms with Crippen molar-refractivity contribution in [2.24, 2.45) is 0 Å². The van der Waals surface area contributed by atoms with Gasteiger partial charge in [0.1, 0.15) is 17.3 Å². The van der Waals surface area contributed by atoms with Gasteiger partial charge in [0.05, 0.1) is 0 Å². The number of rotatable bonds is 2. The molecule has 1 aliphatic heterocycles. The van der Waals surface area contributed by atoms with E-state index in [9.17, 15) is 14.7 Å². The van der Waals surface area contributed by atoms with Gasteiger partial charge in [0.2, 0.25) is 11.8 Å². The highest BCUT2D eigenvalue weighted by molar-refractivity contribution is 5.99. The molecule has 0 aromatic heterocycles. The predicted molar refractivity (Wildman–Crippen MR) is 70.3 cm³/mol. The minimum absolute atomic E-state index is 0.122. The number of phenolic OH excluding ortho intramolecular Hbond substituents is 1. The van der Waals surface area contributed by atoms with Crippen LogP contribution in [0.4, 0.5) is 0 Å². The summed E-state index contributed by atoms with van der Waals surface area (Å²) in [4.78, 5) is 25.7. The Balaban J connectivity index is 2.26. The molecule has 1 heterocycles. The van der Waals surface area contributed by atoms with E-state index in [1.54, 1.807) is 39.0 Å². The van der Waals surface area contributed by atoms with Crippen LogP contribution in [-0.4, -0.2) is 33.4 Å². The lowest BCUT2D eigenvalue weighted by Crippen LogP contribution is -2.66. The number of benzene rings is 1. The van der Waals surface area contributed by atoms with Gasteiger partial charge in [-0.05, 0) is 38.5 Å². The minimum Gasteiger partial charge on any atom is -0.508 e. The topological polar surface area (TPSA) is 69.6 Å². The standard InChI is InChI=1S/C14H18N2O3/c1-9-12(18)15-14(2,3)13(19)16(9)8-10-5-4-6-11(17)7-10/h4-7,9,17H,8H2,1-3H3,(H,15,18). The van der Waals surface area contributed by atoms with Crippen molar-refractivity contribution in [3.8, 4) is 5.75 Å². The number of nitrogens with one attached hydrogen (secondary N) is 1. The van der Waals surface area contributed by atoms with Crippen LogP contribution in [0.15, 0.2) is 24.3 Å². The van der Waals surface area contributed by atoms with Crippen molar-refractivity contribution in [1.29, 1.82) is 0 Å². The maximum absolute atomic E-state index is 12.3. The van der Waals surface area contributed by atoms with Gasteiger partial charge in [0.15, 0.2) is 0 Å². The third kappa shape index (κ3) is 2.54. The van der Waals surface area contributed by atoms with Crippen LogP contribution in [0.3, 0.4) is 0 Å². The zero-order chi connectivity index (χ0) is 14.2. The van der Waals surface area contributed by atoms with Gasteiger partial charge in [-0.1, -0.05) is 12.1 Å². The SMILES string of the molecule is CC1C(=O)NC(C)(C)C(=O)N1Cc1cccc(O)c1. The number of nitrogens with zero attached hydrogens (tertiary/aromatic N) is 1. The highest BCUT2D eigenvalue weighted by Crippen LogP contribution is 2.21. The first-order valence-corrected chi connectivity index (χ1v) is 6.22. The fraction of sp³-hybridized carbons (Fsp3) is 0.429. The third-order valence-corrected chi connectivity index (χ3v) is 3.34. The second-order valence-electron chi connectivity index (χ2n) is 5.39. The van der Waals surface area contributed by atoms with Crippen LogP contribution in [-0.2, 0) is 16.1 Å². The van der Waals surface area contributed by atoms with Gasteiger partial charge < -0.3 is 15.3 Å². The molecule has 1 aliphatic rings. The second-order valence-corrected chi connectivity index (χ2v) is 5.39. The van der Waals surface area contributed by atoms with Crippen LogP contribution in [0, 0.1) is 0 Å². The van der Waals surface area contributed by atoms with Crippen molar-refractivity contribution < 1.29 is 14.7 Å². The summed E-state index contributed by atoms with van der Waals surface area (Å²) in [5, 5.41) is 12.1. The van der Waals surface area contributed by atoms with E-state index in [-0.39, 0.29) is 17.6 Å². The molecule has 2 N–H and O–H groups in total. The summed E-state index contributed by atoms with van der Waals surface area (Å²) in [6.07, 6.45) is 0. The summed E-state index contributed by atoms with van der Waals surface area (Å²) in [6, 6.07) is 6.19. The third-order valence-electron chi connectivity index (χ3n) is 3.34. The lowest BCUT2D eigenvalue weighted by molar-refractivity contribution is -0.153. The Hall–Kier alpha value is -2.04. The summed E-state index contributed by atoms with van der Waals surface area (Å²) in [5.74, 6) is -0.133. The molecule has 0 bridgehead atoms. The fourth-order valence-corrected chi connectivity index (χ4v) is 2.20. The highest BCUT2D eigenvalue weighted by atomic mass is 16.3. The number of carbonyl (C=O) groups is 2. The molecule has 2 amide bonds. The van der Waals surface area contributed by atoms with E-state index in [4.69, 9.17) is 0 Å². The number of aromatic hydroxyl groups is 1. The number of carbonyl (C=O) groups excluding carboxylic acids is 2. The first kappa shape index (κ1) is 13.4. The number of hydrogen-bond donors (Lipinski definition) is 2. The van der Waals surface area contributed by atoms with Gasteiger partial charge >= 0.3 is 0 Å². The summed E-state index contributed by atoms with van der Waals surface area (Å²) in [7, 11) is 0. The molecule has 2 rings (SSSR count). The molecule has 1 saturated heterocycles. The van der Waals surface area contributed by atoms with Crippen LogP contribution in [0.25, 0.3) is 0 Å². The van der Waals surface area contributed by atoms with Crippen molar-refractivity contribution in [2.75, 3.05) is 0 Å². The molecular formula is C14H18N2O3. The van der Waals surface area contributed by atoms with Crippen molar-refractivity contribution in [1.82, 2.24) is 10.2 Å². The van der Waals surface area contributed by atoms with E-state index in [0.717, 1.165) is 5.56 Å². The average Bonchev–Trinajstić information content (AvgIpc) is 2.32. The molecule has 0 saturated carbocycles. The molecule has 5 nitrogen and oxygen atoms in total. The van der Waals surface area contributed by atoms with Crippen LogP contribution in [0.5, 0.6) is 5.75 Å². The largest absolute Gasteiger partial charge is 0.508 e. The Morgan fingerprint density at radius 2 is 2.05 bits per heavy atom. The first-order chi connectivity index (χ1) is 8.81. The van der Waals surface area contributed by atoms with Crippen LogP contribution >= 0.6 is 0 Å².